The molecule has 7 heteroatoms. The minimum absolute atomic E-state index is 0. The van der Waals surface area contributed by atoms with E-state index in [1.807, 2.05) is 0 Å². The molecular formula is C9H5ClNO3RbS. The van der Waals surface area contributed by atoms with Crippen molar-refractivity contribution in [1.82, 2.24) is 4.98 Å². The predicted molar refractivity (Wildman–Crippen MR) is 55.8 cm³/mol. The Kier molecular flexibility index (Phi) is 5.35. The van der Waals surface area contributed by atoms with Gasteiger partial charge in [0.15, 0.2) is 5.78 Å². The van der Waals surface area contributed by atoms with Crippen LogP contribution in [-0.2, 0) is 0 Å². The number of hydrogen-bond donors (Lipinski definition) is 1. The summed E-state index contributed by atoms with van der Waals surface area (Å²) in [6.45, 7) is 0. The molecule has 4 nitrogen and oxygen atoms in total. The summed E-state index contributed by atoms with van der Waals surface area (Å²) < 4.78 is 0.475. The standard InChI is InChI=1S/C9H6ClNO3S.Rb/c10-3-7(13)5-1-4(12)2-6-8(5)15-9(14)11-6;/h1-2,12H,3H2,(H,11,14);/q;+1/p-1. The Morgan fingerprint density at radius 1 is 1.56 bits per heavy atom. The van der Waals surface area contributed by atoms with Crippen LogP contribution in [0.2, 0.25) is 0 Å². The zero-order valence-electron chi connectivity index (χ0n) is 8.36. The average molecular weight is 328 g/mol. The molecule has 0 unspecified atom stereocenters. The third-order valence-corrected chi connectivity index (χ3v) is 3.02. The van der Waals surface area contributed by atoms with Crippen molar-refractivity contribution in [2.75, 3.05) is 5.88 Å². The molecule has 0 atom stereocenters. The SMILES string of the molecule is O=C(CCl)c1cc(O)cc2nc([O-])sc12.[Rb+]. The van der Waals surface area contributed by atoms with Gasteiger partial charge in [0.05, 0.1) is 16.1 Å². The topological polar surface area (TPSA) is 73.2 Å². The molecule has 1 aromatic heterocycles. The molecule has 0 aliphatic heterocycles. The summed E-state index contributed by atoms with van der Waals surface area (Å²) in [7, 11) is 0. The summed E-state index contributed by atoms with van der Waals surface area (Å²) in [5.74, 6) is -0.618. The summed E-state index contributed by atoms with van der Waals surface area (Å²) in [4.78, 5) is 15.1. The van der Waals surface area contributed by atoms with Gasteiger partial charge in [-0.1, -0.05) is 0 Å². The number of aromatic nitrogens is 1. The average Bonchev–Trinajstić information content (AvgIpc) is 2.55. The first-order valence-corrected chi connectivity index (χ1v) is 5.36. The number of carbonyl (C=O) groups is 1. The van der Waals surface area contributed by atoms with E-state index in [9.17, 15) is 15.0 Å². The maximum atomic E-state index is 11.4. The first-order valence-electron chi connectivity index (χ1n) is 4.01. The van der Waals surface area contributed by atoms with Crippen LogP contribution in [-0.4, -0.2) is 21.8 Å². The number of ketones is 1. The fourth-order valence-electron chi connectivity index (χ4n) is 1.28. The van der Waals surface area contributed by atoms with E-state index in [1.54, 1.807) is 0 Å². The van der Waals surface area contributed by atoms with Crippen LogP contribution in [0.5, 0.6) is 10.9 Å². The smallest absolute Gasteiger partial charge is 0.851 e. The molecule has 0 saturated heterocycles. The largest absolute Gasteiger partial charge is 1.00 e. The molecule has 2 rings (SSSR count). The number of benzene rings is 1. The molecular weight excluding hydrogens is 323 g/mol. The Morgan fingerprint density at radius 3 is 2.88 bits per heavy atom. The molecule has 0 aliphatic carbocycles. The predicted octanol–water partition coefficient (Wildman–Crippen LogP) is -1.50. The molecule has 1 N–H and O–H groups in total. The van der Waals surface area contributed by atoms with Crippen LogP contribution in [0.3, 0.4) is 0 Å². The maximum Gasteiger partial charge on any atom is 1.00 e. The summed E-state index contributed by atoms with van der Waals surface area (Å²) in [6.07, 6.45) is 0. The molecule has 1 aromatic carbocycles. The van der Waals surface area contributed by atoms with Crippen molar-refractivity contribution in [3.05, 3.63) is 17.7 Å². The van der Waals surface area contributed by atoms with E-state index in [0.29, 0.717) is 10.2 Å². The van der Waals surface area contributed by atoms with Gasteiger partial charge in [0.2, 0.25) is 0 Å². The van der Waals surface area contributed by atoms with E-state index in [4.69, 9.17) is 11.6 Å². The number of phenols is 1. The second kappa shape index (κ2) is 5.88. The van der Waals surface area contributed by atoms with E-state index in [0.717, 1.165) is 11.3 Å². The molecule has 0 amide bonds. The van der Waals surface area contributed by atoms with Gasteiger partial charge < -0.3 is 10.2 Å². The van der Waals surface area contributed by atoms with Crippen molar-refractivity contribution in [2.45, 2.75) is 0 Å². The van der Waals surface area contributed by atoms with Gasteiger partial charge in [0, 0.05) is 16.8 Å². The van der Waals surface area contributed by atoms with Crippen LogP contribution < -0.4 is 63.3 Å². The van der Waals surface area contributed by atoms with Gasteiger partial charge in [0.25, 0.3) is 0 Å². The van der Waals surface area contributed by atoms with E-state index < -0.39 is 0 Å². The quantitative estimate of drug-likeness (QED) is 0.538. The van der Waals surface area contributed by atoms with Crippen molar-refractivity contribution in [3.63, 3.8) is 0 Å². The van der Waals surface area contributed by atoms with Gasteiger partial charge in [-0.15, -0.1) is 22.9 Å². The fourth-order valence-corrected chi connectivity index (χ4v) is 2.23. The van der Waals surface area contributed by atoms with Crippen molar-refractivity contribution < 1.29 is 73.2 Å². The molecule has 0 fully saturated rings. The zero-order chi connectivity index (χ0) is 11.0. The maximum absolute atomic E-state index is 11.4. The molecule has 16 heavy (non-hydrogen) atoms. The number of phenolic OH excluding ortho intramolecular Hbond substituents is 1. The number of hydrogen-bond acceptors (Lipinski definition) is 5. The van der Waals surface area contributed by atoms with E-state index in [1.165, 1.54) is 12.1 Å². The Balaban J connectivity index is 0.00000128. The fraction of sp³-hybridized carbons (Fsp3) is 0.111. The number of fused-ring (bicyclic) bond motifs is 1. The normalized spacial score (nSPS) is 10.1. The first-order chi connectivity index (χ1) is 7.11. The van der Waals surface area contributed by atoms with Gasteiger partial charge in [-0.05, 0) is 6.07 Å². The number of aromatic hydroxyl groups is 1. The second-order valence-corrected chi connectivity index (χ2v) is 4.11. The zero-order valence-corrected chi connectivity index (χ0v) is 14.8. The second-order valence-electron chi connectivity index (χ2n) is 2.88. The Bertz CT molecular complexity index is 543. The molecule has 2 aromatic rings. The van der Waals surface area contributed by atoms with E-state index in [2.05, 4.69) is 4.98 Å². The monoisotopic (exact) mass is 327 g/mol. The van der Waals surface area contributed by atoms with Gasteiger partial charge >= 0.3 is 58.2 Å². The van der Waals surface area contributed by atoms with Crippen LogP contribution in [0.25, 0.3) is 10.2 Å². The van der Waals surface area contributed by atoms with Crippen LogP contribution in [0.4, 0.5) is 0 Å². The van der Waals surface area contributed by atoms with Gasteiger partial charge in [-0.3, -0.25) is 9.78 Å². The molecule has 0 bridgehead atoms. The van der Waals surface area contributed by atoms with Crippen molar-refractivity contribution in [3.8, 4) is 10.9 Å². The first kappa shape index (κ1) is 14.5. The number of nitrogens with zero attached hydrogens (tertiary/aromatic N) is 1. The molecule has 1 heterocycles. The van der Waals surface area contributed by atoms with Crippen molar-refractivity contribution in [1.29, 1.82) is 0 Å². The number of thiazole rings is 1. The van der Waals surface area contributed by atoms with Crippen LogP contribution in [0, 0.1) is 0 Å². The van der Waals surface area contributed by atoms with E-state index >= 15 is 0 Å². The Labute approximate surface area is 149 Å². The summed E-state index contributed by atoms with van der Waals surface area (Å²) in [6, 6.07) is 2.64. The Morgan fingerprint density at radius 2 is 2.25 bits per heavy atom. The van der Waals surface area contributed by atoms with Crippen LogP contribution in [0.15, 0.2) is 12.1 Å². The number of rotatable bonds is 2. The molecule has 0 spiro atoms. The molecule has 78 valence electrons. The van der Waals surface area contributed by atoms with Crippen molar-refractivity contribution >= 4 is 38.9 Å². The third-order valence-electron chi connectivity index (χ3n) is 1.88. The summed E-state index contributed by atoms with van der Waals surface area (Å²) in [5.41, 5.74) is 0.582. The molecule has 0 radical (unpaired) electrons. The number of halogens is 1. The summed E-state index contributed by atoms with van der Waals surface area (Å²) >= 11 is 6.29. The number of Topliss-reactive ketones (excluding diaryl/α,β-unsaturated/α-hetero) is 1. The van der Waals surface area contributed by atoms with Crippen molar-refractivity contribution in [2.24, 2.45) is 0 Å². The molecule has 0 aliphatic rings. The Hall–Kier alpha value is 0.475. The third kappa shape index (κ3) is 2.83. The molecule has 0 saturated carbocycles. The minimum atomic E-state index is -0.390. The van der Waals surface area contributed by atoms with Crippen LogP contribution >= 0.6 is 22.9 Å². The van der Waals surface area contributed by atoms with E-state index in [-0.39, 0.29) is 86.4 Å². The summed E-state index contributed by atoms with van der Waals surface area (Å²) in [5, 5.41) is 20.0. The van der Waals surface area contributed by atoms with Gasteiger partial charge in [-0.25, -0.2) is 0 Å². The van der Waals surface area contributed by atoms with Gasteiger partial charge in [-0.2, -0.15) is 0 Å². The number of alkyl halides is 1. The number of carbonyl (C=O) groups excluding carboxylic acids is 1. The minimum Gasteiger partial charge on any atom is -0.851 e. The van der Waals surface area contributed by atoms with Crippen LogP contribution in [0.1, 0.15) is 10.4 Å². The van der Waals surface area contributed by atoms with Gasteiger partial charge in [0.1, 0.15) is 5.75 Å².